The summed E-state index contributed by atoms with van der Waals surface area (Å²) < 4.78 is 16.8. The molecule has 2 heterocycles. The fourth-order valence-corrected chi connectivity index (χ4v) is 2.97. The lowest BCUT2D eigenvalue weighted by atomic mass is 10.2. The Bertz CT molecular complexity index is 1180. The molecule has 0 atom stereocenters. The van der Waals surface area contributed by atoms with Crippen molar-refractivity contribution in [1.29, 1.82) is 0 Å². The average molecular weight is 401 g/mol. The van der Waals surface area contributed by atoms with Gasteiger partial charge in [-0.3, -0.25) is 14.8 Å². The lowest BCUT2D eigenvalue weighted by molar-refractivity contribution is 0.102. The predicted molar refractivity (Wildman–Crippen MR) is 114 cm³/mol. The van der Waals surface area contributed by atoms with E-state index in [-0.39, 0.29) is 5.91 Å². The van der Waals surface area contributed by atoms with Crippen molar-refractivity contribution in [2.75, 3.05) is 19.5 Å². The summed E-state index contributed by atoms with van der Waals surface area (Å²) in [5.74, 6) is 2.22. The number of pyridine rings is 2. The van der Waals surface area contributed by atoms with Gasteiger partial charge < -0.3 is 19.5 Å². The van der Waals surface area contributed by atoms with Gasteiger partial charge >= 0.3 is 0 Å². The number of anilines is 1. The molecule has 0 spiro atoms. The lowest BCUT2D eigenvalue weighted by Crippen LogP contribution is -2.11. The van der Waals surface area contributed by atoms with Gasteiger partial charge in [0.2, 0.25) is 0 Å². The zero-order valence-electron chi connectivity index (χ0n) is 16.5. The fraction of sp³-hybridized carbons (Fsp3) is 0.0870. The van der Waals surface area contributed by atoms with Crippen LogP contribution in [0.25, 0.3) is 10.9 Å². The Hall–Kier alpha value is -4.13. The maximum atomic E-state index is 12.2. The van der Waals surface area contributed by atoms with E-state index in [1.54, 1.807) is 75.1 Å². The molecule has 0 aliphatic rings. The van der Waals surface area contributed by atoms with E-state index in [0.29, 0.717) is 34.2 Å². The minimum atomic E-state index is -0.224. The molecule has 7 heteroatoms. The summed E-state index contributed by atoms with van der Waals surface area (Å²) in [6.07, 6.45) is 4.81. The van der Waals surface area contributed by atoms with Crippen LogP contribution in [0.5, 0.6) is 23.0 Å². The first-order valence-electron chi connectivity index (χ1n) is 9.18. The van der Waals surface area contributed by atoms with Gasteiger partial charge in [0.1, 0.15) is 11.5 Å². The highest BCUT2D eigenvalue weighted by molar-refractivity contribution is 6.04. The third-order valence-corrected chi connectivity index (χ3v) is 4.47. The summed E-state index contributed by atoms with van der Waals surface area (Å²) in [4.78, 5) is 20.6. The first kappa shape index (κ1) is 19.2. The van der Waals surface area contributed by atoms with Gasteiger partial charge in [-0.2, -0.15) is 0 Å². The van der Waals surface area contributed by atoms with Crippen LogP contribution in [0.15, 0.2) is 73.2 Å². The van der Waals surface area contributed by atoms with Crippen LogP contribution in [0.1, 0.15) is 10.4 Å². The number of carbonyl (C=O) groups excluding carboxylic acids is 1. The zero-order valence-corrected chi connectivity index (χ0v) is 16.5. The van der Waals surface area contributed by atoms with Gasteiger partial charge in [0.05, 0.1) is 25.3 Å². The second kappa shape index (κ2) is 8.48. The maximum Gasteiger partial charge on any atom is 0.257 e. The minimum absolute atomic E-state index is 0.224. The Morgan fingerprint density at radius 3 is 2.37 bits per heavy atom. The van der Waals surface area contributed by atoms with Crippen molar-refractivity contribution < 1.29 is 19.0 Å². The number of benzene rings is 2. The minimum Gasteiger partial charge on any atom is -0.493 e. The summed E-state index contributed by atoms with van der Waals surface area (Å²) in [6.45, 7) is 0. The molecule has 2 aromatic carbocycles. The number of nitrogens with zero attached hydrogens (tertiary/aromatic N) is 2. The molecule has 0 radical (unpaired) electrons. The summed E-state index contributed by atoms with van der Waals surface area (Å²) in [5.41, 5.74) is 1.87. The van der Waals surface area contributed by atoms with E-state index in [2.05, 4.69) is 15.3 Å². The van der Waals surface area contributed by atoms with E-state index >= 15 is 0 Å². The second-order valence-corrected chi connectivity index (χ2v) is 6.36. The van der Waals surface area contributed by atoms with Crippen molar-refractivity contribution in [3.8, 4) is 23.0 Å². The number of carbonyl (C=O) groups is 1. The molecule has 0 unspecified atom stereocenters. The molecule has 7 nitrogen and oxygen atoms in total. The molecule has 4 rings (SSSR count). The number of rotatable bonds is 6. The molecule has 150 valence electrons. The largest absolute Gasteiger partial charge is 0.493 e. The van der Waals surface area contributed by atoms with Crippen LogP contribution in [0.3, 0.4) is 0 Å². The third kappa shape index (κ3) is 4.00. The van der Waals surface area contributed by atoms with Crippen molar-refractivity contribution in [3.05, 3.63) is 78.8 Å². The number of hydrogen-bond acceptors (Lipinski definition) is 6. The molecule has 1 N–H and O–H groups in total. The van der Waals surface area contributed by atoms with Gasteiger partial charge in [-0.25, -0.2) is 0 Å². The molecule has 30 heavy (non-hydrogen) atoms. The van der Waals surface area contributed by atoms with Crippen molar-refractivity contribution in [1.82, 2.24) is 9.97 Å². The van der Waals surface area contributed by atoms with E-state index in [1.165, 1.54) is 6.20 Å². The molecule has 1 amide bonds. The quantitative estimate of drug-likeness (QED) is 0.505. The Labute approximate surface area is 173 Å². The molecule has 0 saturated heterocycles. The van der Waals surface area contributed by atoms with Gasteiger partial charge in [0.15, 0.2) is 11.5 Å². The third-order valence-electron chi connectivity index (χ3n) is 4.47. The lowest BCUT2D eigenvalue weighted by Gasteiger charge is -2.12. The van der Waals surface area contributed by atoms with Gasteiger partial charge in [-0.15, -0.1) is 0 Å². The molecule has 4 aromatic rings. The molecule has 0 bridgehead atoms. The normalized spacial score (nSPS) is 10.5. The van der Waals surface area contributed by atoms with Gasteiger partial charge in [-0.05, 0) is 48.5 Å². The van der Waals surface area contributed by atoms with Crippen molar-refractivity contribution in [3.63, 3.8) is 0 Å². The fourth-order valence-electron chi connectivity index (χ4n) is 2.97. The van der Waals surface area contributed by atoms with Crippen LogP contribution in [0.2, 0.25) is 0 Å². The molecular weight excluding hydrogens is 382 g/mol. The number of ether oxygens (including phenoxy) is 3. The second-order valence-electron chi connectivity index (χ2n) is 6.36. The van der Waals surface area contributed by atoms with Crippen molar-refractivity contribution in [2.24, 2.45) is 0 Å². The Balaban J connectivity index is 1.55. The van der Waals surface area contributed by atoms with Gasteiger partial charge in [0, 0.05) is 35.7 Å². The highest BCUT2D eigenvalue weighted by Gasteiger charge is 2.12. The van der Waals surface area contributed by atoms with Crippen LogP contribution >= 0.6 is 0 Å². The highest BCUT2D eigenvalue weighted by atomic mass is 16.5. The predicted octanol–water partition coefficient (Wildman–Crippen LogP) is 4.69. The standard InChI is InChI=1S/C23H19N3O4/c1-28-21-12-18-19(13-22(21)29-2)25-11-9-20(18)30-17-7-5-16(6-8-17)26-23(27)15-4-3-10-24-14-15/h3-14H,1-2H3,(H,26,27). The molecule has 0 saturated carbocycles. The Morgan fingerprint density at radius 2 is 1.67 bits per heavy atom. The summed E-state index contributed by atoms with van der Waals surface area (Å²) in [5, 5.41) is 3.63. The topological polar surface area (TPSA) is 82.6 Å². The van der Waals surface area contributed by atoms with Crippen LogP contribution < -0.4 is 19.5 Å². The Morgan fingerprint density at radius 1 is 0.900 bits per heavy atom. The van der Waals surface area contributed by atoms with E-state index in [9.17, 15) is 4.79 Å². The van der Waals surface area contributed by atoms with E-state index < -0.39 is 0 Å². The van der Waals surface area contributed by atoms with E-state index in [1.807, 2.05) is 6.07 Å². The molecule has 0 fully saturated rings. The monoisotopic (exact) mass is 401 g/mol. The van der Waals surface area contributed by atoms with E-state index in [4.69, 9.17) is 14.2 Å². The number of fused-ring (bicyclic) bond motifs is 1. The summed E-state index contributed by atoms with van der Waals surface area (Å²) >= 11 is 0. The smallest absolute Gasteiger partial charge is 0.257 e. The highest BCUT2D eigenvalue weighted by Crippen LogP contribution is 2.36. The van der Waals surface area contributed by atoms with E-state index in [0.717, 1.165) is 10.9 Å². The van der Waals surface area contributed by atoms with Crippen LogP contribution in [0.4, 0.5) is 5.69 Å². The zero-order chi connectivity index (χ0) is 20.9. The van der Waals surface area contributed by atoms with Crippen molar-refractivity contribution >= 4 is 22.5 Å². The first-order chi connectivity index (χ1) is 14.7. The number of hydrogen-bond donors (Lipinski definition) is 1. The number of amides is 1. The van der Waals surface area contributed by atoms with Crippen LogP contribution in [-0.4, -0.2) is 30.1 Å². The summed E-state index contributed by atoms with van der Waals surface area (Å²) in [6, 6.07) is 16.0. The number of aromatic nitrogens is 2. The van der Waals surface area contributed by atoms with Crippen molar-refractivity contribution in [2.45, 2.75) is 0 Å². The Kier molecular flexibility index (Phi) is 5.43. The van der Waals surface area contributed by atoms with Gasteiger partial charge in [0.25, 0.3) is 5.91 Å². The number of methoxy groups -OCH3 is 2. The number of nitrogens with one attached hydrogen (secondary N) is 1. The SMILES string of the molecule is COc1cc2nccc(Oc3ccc(NC(=O)c4cccnc4)cc3)c2cc1OC. The maximum absolute atomic E-state index is 12.2. The summed E-state index contributed by atoms with van der Waals surface area (Å²) in [7, 11) is 3.16. The van der Waals surface area contributed by atoms with Crippen LogP contribution in [-0.2, 0) is 0 Å². The molecule has 0 aliphatic heterocycles. The molecule has 2 aromatic heterocycles. The van der Waals surface area contributed by atoms with Gasteiger partial charge in [-0.1, -0.05) is 0 Å². The molecular formula is C23H19N3O4. The van der Waals surface area contributed by atoms with Crippen LogP contribution in [0, 0.1) is 0 Å². The molecule has 0 aliphatic carbocycles. The first-order valence-corrected chi connectivity index (χ1v) is 9.18. The average Bonchev–Trinajstić information content (AvgIpc) is 2.80.